The molecule has 117 heavy (non-hydrogen) atoms. The molecule has 0 spiro atoms. The van der Waals surface area contributed by atoms with E-state index in [4.69, 9.17) is 62.5 Å². The fourth-order valence-corrected chi connectivity index (χ4v) is 11.9. The van der Waals surface area contributed by atoms with Crippen molar-refractivity contribution in [2.45, 2.75) is 120 Å². The number of aliphatic carboxylic acids is 1. The van der Waals surface area contributed by atoms with Crippen LogP contribution >= 0.6 is 47.0 Å². The first-order chi connectivity index (χ1) is 55.1. The SMILES string of the molecule is C.C.CC(=O)Nc1ccc(C=C(C#N)C#N)cc1.COC(=O)CCc1cccc(CSC(=N)N)n1.COC(=O)CCc1cccc(CSC(=N)N)n1.[C-]#[N+]c1c(N)nc(SCc2cccc(CCC(=O)O)n2)nc1-c1ccc(NC(C)=O)cc1.[C-]#[N+]c1c(N)nc(SCc2cccc(CCC(=O)OC)n2)nc1-c1ccc(NC(C)=O)cc1. The molecule has 9 aromatic rings. The van der Waals surface area contributed by atoms with Gasteiger partial charge in [-0.2, -0.15) is 10.5 Å². The Morgan fingerprint density at radius 1 is 0.462 bits per heavy atom. The van der Waals surface area contributed by atoms with Gasteiger partial charge in [-0.1, -0.05) is 123 Å². The van der Waals surface area contributed by atoms with Crippen molar-refractivity contribution in [1.82, 2.24) is 39.9 Å². The van der Waals surface area contributed by atoms with E-state index in [0.717, 1.165) is 45.4 Å². The van der Waals surface area contributed by atoms with E-state index < -0.39 is 5.97 Å². The Balaban J connectivity index is 0.000000391. The molecule has 0 bridgehead atoms. The predicted molar refractivity (Wildman–Crippen MR) is 458 cm³/mol. The number of rotatable bonds is 28. The number of pyridine rings is 4. The standard InChI is InChI=1S/C23H22N6O3S.C22H20N6O3S.C12H9N3O.2C11H15N3O2S.2CH4/c1-14(30)26-17-9-7-15(8-10-17)20-21(25-2)22(24)29-23(28-20)33-13-18-6-4-5-16(27-18)11-12-19(31)32-3;1-13(29)25-16-8-6-14(7-9-16)19-20(24-2)21(23)28-22(27-19)32-12-17-5-3-4-15(26-17)10-11-18(30)31;1-9(16)15-12-4-2-10(3-5-12)6-11(7-13)8-14;2*1-16-10(15)6-5-8-3-2-4-9(14-8)7-17-11(12)13;;/h4-10H,11-13H2,1,3H3,(H,26,30)(H2,24,28,29);3-9H,10-12H2,1H3,(H,25,29)(H,30,31)(H2,23,27,28);2-6H,1H3,(H,15,16);2*2-4H,5-7H2,1H3,(H3,12,13);2*1H4. The molecule has 0 saturated carbocycles. The van der Waals surface area contributed by atoms with E-state index in [1.807, 2.05) is 66.7 Å². The minimum absolute atomic E-state index is 0. The lowest BCUT2D eigenvalue weighted by Crippen LogP contribution is -2.06. The van der Waals surface area contributed by atoms with Crippen molar-refractivity contribution in [2.24, 2.45) is 11.5 Å². The zero-order valence-corrected chi connectivity index (χ0v) is 66.5. The van der Waals surface area contributed by atoms with E-state index in [-0.39, 0.29) is 102 Å². The molecule has 0 saturated heterocycles. The molecule has 608 valence electrons. The number of carbonyl (C=O) groups excluding carboxylic acids is 6. The van der Waals surface area contributed by atoms with Gasteiger partial charge in [-0.25, -0.2) is 29.6 Å². The number of anilines is 5. The van der Waals surface area contributed by atoms with Crippen molar-refractivity contribution in [1.29, 1.82) is 21.3 Å². The second-order valence-corrected chi connectivity index (χ2v) is 27.4. The predicted octanol–water partition coefficient (Wildman–Crippen LogP) is 13.9. The van der Waals surface area contributed by atoms with Crippen LogP contribution in [-0.2, 0) is 96.5 Å². The average molecular weight is 1660 g/mol. The number of allylic oxidation sites excluding steroid dienone is 1. The highest BCUT2D eigenvalue weighted by atomic mass is 32.2. The highest BCUT2D eigenvalue weighted by molar-refractivity contribution is 8.13. The molecule has 0 aliphatic rings. The van der Waals surface area contributed by atoms with Gasteiger partial charge in [0.25, 0.3) is 11.4 Å². The smallest absolute Gasteiger partial charge is 0.305 e. The molecule has 0 unspecified atom stereocenters. The van der Waals surface area contributed by atoms with Crippen molar-refractivity contribution in [2.75, 3.05) is 48.7 Å². The van der Waals surface area contributed by atoms with Gasteiger partial charge in [-0.05, 0) is 108 Å². The molecule has 6 heterocycles. The van der Waals surface area contributed by atoms with Gasteiger partial charge in [0.15, 0.2) is 20.6 Å². The van der Waals surface area contributed by atoms with Gasteiger partial charge in [0, 0.05) is 109 Å². The normalized spacial score (nSPS) is 9.79. The fourth-order valence-electron chi connectivity index (χ4n) is 9.41. The van der Waals surface area contributed by atoms with Crippen LogP contribution in [-0.4, -0.2) is 118 Å². The second-order valence-electron chi connectivity index (χ2n) is 23.5. The van der Waals surface area contributed by atoms with E-state index in [9.17, 15) is 33.6 Å². The number of carboxylic acid groups (broad SMARTS) is 1. The number of hydrogen-bond acceptors (Lipinski definition) is 28. The van der Waals surface area contributed by atoms with Crippen molar-refractivity contribution in [3.63, 3.8) is 0 Å². The maximum absolute atomic E-state index is 11.4. The Kier molecular flexibility index (Phi) is 43.9. The van der Waals surface area contributed by atoms with E-state index in [0.29, 0.717) is 117 Å². The molecule has 14 N–H and O–H groups in total. The van der Waals surface area contributed by atoms with E-state index in [1.54, 1.807) is 91.0 Å². The second kappa shape index (κ2) is 52.6. The highest BCUT2D eigenvalue weighted by Crippen LogP contribution is 2.37. The zero-order chi connectivity index (χ0) is 84.2. The van der Waals surface area contributed by atoms with Crippen LogP contribution in [0, 0.1) is 46.6 Å². The summed E-state index contributed by atoms with van der Waals surface area (Å²) in [5, 5.41) is 49.2. The molecule has 0 fully saturated rings. The third-order valence-electron chi connectivity index (χ3n) is 14.7. The molecule has 3 amide bonds. The molecular weight excluding hydrogens is 1570 g/mol. The maximum atomic E-state index is 11.4. The number of thioether (sulfide) groups is 4. The van der Waals surface area contributed by atoms with Crippen LogP contribution in [0.15, 0.2) is 161 Å². The summed E-state index contributed by atoms with van der Waals surface area (Å²) in [5.74, 6) is 0.160. The first-order valence-corrected chi connectivity index (χ1v) is 38.2. The number of ether oxygens (including phenoxy) is 3. The number of nitriles is 2. The number of nitrogens with one attached hydrogen (secondary N) is 5. The lowest BCUT2D eigenvalue weighted by Gasteiger charge is -2.10. The van der Waals surface area contributed by atoms with E-state index in [2.05, 4.69) is 79.7 Å². The molecule has 6 aromatic heterocycles. The summed E-state index contributed by atoms with van der Waals surface area (Å²) in [4.78, 5) is 120. The number of carbonyl (C=O) groups is 7. The summed E-state index contributed by atoms with van der Waals surface area (Å²) in [5.41, 5.74) is 34.3. The molecule has 0 aliphatic heterocycles. The van der Waals surface area contributed by atoms with Crippen molar-refractivity contribution >= 4 is 145 Å². The number of methoxy groups -OCH3 is 3. The maximum Gasteiger partial charge on any atom is 0.305 e. The molecule has 36 heteroatoms. The van der Waals surface area contributed by atoms with E-state index >= 15 is 0 Å². The topological polar surface area (TPSA) is 515 Å². The van der Waals surface area contributed by atoms with Crippen LogP contribution in [0.4, 0.5) is 40.1 Å². The van der Waals surface area contributed by atoms with Crippen LogP contribution in [0.3, 0.4) is 0 Å². The monoisotopic (exact) mass is 1660 g/mol. The summed E-state index contributed by atoms with van der Waals surface area (Å²) in [7, 11) is 4.10. The summed E-state index contributed by atoms with van der Waals surface area (Å²) >= 11 is 5.13. The first-order valence-electron chi connectivity index (χ1n) is 34.3. The molecule has 0 atom stereocenters. The van der Waals surface area contributed by atoms with Crippen LogP contribution in [0.5, 0.6) is 0 Å². The number of aryl methyl sites for hydroxylation is 4. The van der Waals surface area contributed by atoms with E-state index in [1.165, 1.54) is 95.2 Å². The van der Waals surface area contributed by atoms with Crippen molar-refractivity contribution < 1.29 is 52.9 Å². The summed E-state index contributed by atoms with van der Waals surface area (Å²) in [6.45, 7) is 19.2. The summed E-state index contributed by atoms with van der Waals surface area (Å²) < 4.78 is 13.8. The van der Waals surface area contributed by atoms with Crippen LogP contribution in [0.25, 0.3) is 38.3 Å². The fraction of sp³-hybridized carbons (Fsp3) is 0.247. The van der Waals surface area contributed by atoms with Gasteiger partial charge in [0.2, 0.25) is 17.7 Å². The molecule has 0 aliphatic carbocycles. The minimum Gasteiger partial charge on any atom is -0.481 e. The van der Waals surface area contributed by atoms with Gasteiger partial charge < -0.3 is 58.2 Å². The average Bonchev–Trinajstić information content (AvgIpc) is 0.809. The number of amidine groups is 2. The summed E-state index contributed by atoms with van der Waals surface area (Å²) in [6, 6.07) is 46.7. The lowest BCUT2D eigenvalue weighted by molar-refractivity contribution is -0.141. The third kappa shape index (κ3) is 37.2. The molecule has 9 rings (SSSR count). The largest absolute Gasteiger partial charge is 0.481 e. The number of nitrogens with zero attached hydrogens (tertiary/aromatic N) is 12. The Morgan fingerprint density at radius 2 is 0.752 bits per heavy atom. The Bertz CT molecular complexity index is 5020. The number of aromatic nitrogens is 8. The quantitative estimate of drug-likeness (QED) is 0.00318. The first kappa shape index (κ1) is 97.5. The van der Waals surface area contributed by atoms with Gasteiger partial charge in [0.05, 0.1) is 94.3 Å². The van der Waals surface area contributed by atoms with Gasteiger partial charge >= 0.3 is 23.9 Å². The number of esters is 3. The third-order valence-corrected chi connectivity index (χ3v) is 17.9. The lowest BCUT2D eigenvalue weighted by atomic mass is 10.1. The molecule has 32 nitrogen and oxygen atoms in total. The number of nitrogens with two attached hydrogens (primary N) is 4. The highest BCUT2D eigenvalue weighted by Gasteiger charge is 2.19. The number of amides is 3. The number of hydrogen-bond donors (Lipinski definition) is 10. The number of nitrogen functional groups attached to an aromatic ring is 2. The molecular formula is C81H89N21O11S4. The molecule has 0 radical (unpaired) electrons. The number of carboxylic acids is 1. The van der Waals surface area contributed by atoms with Crippen molar-refractivity contribution in [3.8, 4) is 34.7 Å². The van der Waals surface area contributed by atoms with Crippen LogP contribution < -0.4 is 38.9 Å². The van der Waals surface area contributed by atoms with Crippen molar-refractivity contribution in [3.05, 3.63) is 225 Å². The van der Waals surface area contributed by atoms with Gasteiger partial charge in [-0.3, -0.25) is 64.3 Å². The molecule has 3 aromatic carbocycles. The summed E-state index contributed by atoms with van der Waals surface area (Å²) in [6.07, 6.45) is 4.39. The van der Waals surface area contributed by atoms with Gasteiger partial charge in [0.1, 0.15) is 29.3 Å². The Morgan fingerprint density at radius 3 is 1.03 bits per heavy atom. The number of benzene rings is 3. The Labute approximate surface area is 695 Å². The van der Waals surface area contributed by atoms with Crippen LogP contribution in [0.1, 0.15) is 112 Å². The zero-order valence-electron chi connectivity index (χ0n) is 63.3. The Hall–Kier alpha value is -13.7. The van der Waals surface area contributed by atoms with Gasteiger partial charge in [-0.15, -0.1) is 0 Å². The minimum atomic E-state index is -0.868. The van der Waals surface area contributed by atoms with Crippen LogP contribution in [0.2, 0.25) is 0 Å².